The Bertz CT molecular complexity index is 465. The van der Waals surface area contributed by atoms with Gasteiger partial charge < -0.3 is 20.0 Å². The number of carbonyl (C=O) groups is 2. The van der Waals surface area contributed by atoms with Gasteiger partial charge in [0.15, 0.2) is 6.61 Å². The molecule has 0 unspecified atom stereocenters. The number of nitrogens with one attached hydrogen (secondary N) is 1. The van der Waals surface area contributed by atoms with Gasteiger partial charge in [-0.05, 0) is 37.1 Å². The highest BCUT2D eigenvalue weighted by atomic mass is 35.5. The third kappa shape index (κ3) is 5.18. The summed E-state index contributed by atoms with van der Waals surface area (Å²) in [6, 6.07) is 3.48. The van der Waals surface area contributed by atoms with Crippen LogP contribution in [0, 0.1) is 13.8 Å². The molecule has 1 aromatic carbocycles. The Morgan fingerprint density at radius 2 is 1.89 bits per heavy atom. The van der Waals surface area contributed by atoms with Gasteiger partial charge in [-0.15, -0.1) is 0 Å². The van der Waals surface area contributed by atoms with Crippen molar-refractivity contribution in [2.75, 3.05) is 13.2 Å². The molecule has 1 amide bonds. The molecular formula is C13H15ClNO4-. The van der Waals surface area contributed by atoms with Gasteiger partial charge in [0.25, 0.3) is 5.91 Å². The average Bonchev–Trinajstić information content (AvgIpc) is 2.32. The lowest BCUT2D eigenvalue weighted by Gasteiger charge is -2.10. The number of amides is 1. The smallest absolute Gasteiger partial charge is 0.257 e. The lowest BCUT2D eigenvalue weighted by Crippen LogP contribution is -2.33. The van der Waals surface area contributed by atoms with Crippen LogP contribution < -0.4 is 15.2 Å². The fourth-order valence-corrected chi connectivity index (χ4v) is 1.60. The monoisotopic (exact) mass is 284 g/mol. The SMILES string of the molecule is Cc1cc(OCC(=O)NCCC(=O)[O-])cc(C)c1Cl. The first-order valence-electron chi connectivity index (χ1n) is 5.76. The molecule has 1 rings (SSSR count). The number of carboxylic acids is 1. The fourth-order valence-electron chi connectivity index (χ4n) is 1.49. The van der Waals surface area contributed by atoms with Crippen molar-refractivity contribution in [2.45, 2.75) is 20.3 Å². The van der Waals surface area contributed by atoms with E-state index in [1.807, 2.05) is 13.8 Å². The number of ether oxygens (including phenoxy) is 1. The van der Waals surface area contributed by atoms with Crippen molar-refractivity contribution >= 4 is 23.5 Å². The van der Waals surface area contributed by atoms with Gasteiger partial charge in [0.05, 0.1) is 0 Å². The van der Waals surface area contributed by atoms with Crippen LogP contribution in [0.3, 0.4) is 0 Å². The van der Waals surface area contributed by atoms with E-state index in [1.165, 1.54) is 0 Å². The number of aliphatic carboxylic acids is 1. The number of rotatable bonds is 6. The first-order valence-corrected chi connectivity index (χ1v) is 6.14. The Morgan fingerprint density at radius 3 is 2.42 bits per heavy atom. The second-order valence-corrected chi connectivity index (χ2v) is 4.51. The van der Waals surface area contributed by atoms with E-state index in [0.717, 1.165) is 11.1 Å². The molecule has 0 aliphatic heterocycles. The molecule has 0 fully saturated rings. The van der Waals surface area contributed by atoms with Crippen LogP contribution in [0.25, 0.3) is 0 Å². The molecule has 0 heterocycles. The summed E-state index contributed by atoms with van der Waals surface area (Å²) in [7, 11) is 0. The Labute approximate surface area is 116 Å². The number of carboxylic acid groups (broad SMARTS) is 1. The minimum atomic E-state index is -1.20. The van der Waals surface area contributed by atoms with Crippen LogP contribution in [-0.4, -0.2) is 25.0 Å². The first kappa shape index (κ1) is 15.3. The summed E-state index contributed by atoms with van der Waals surface area (Å²) in [5, 5.41) is 13.2. The summed E-state index contributed by atoms with van der Waals surface area (Å²) < 4.78 is 5.31. The van der Waals surface area contributed by atoms with Gasteiger partial charge >= 0.3 is 0 Å². The summed E-state index contributed by atoms with van der Waals surface area (Å²) in [5.74, 6) is -1.04. The number of aryl methyl sites for hydroxylation is 2. The highest BCUT2D eigenvalue weighted by molar-refractivity contribution is 6.32. The van der Waals surface area contributed by atoms with Crippen LogP contribution in [0.2, 0.25) is 5.02 Å². The number of benzene rings is 1. The van der Waals surface area contributed by atoms with Crippen LogP contribution in [0.1, 0.15) is 17.5 Å². The molecule has 104 valence electrons. The zero-order valence-corrected chi connectivity index (χ0v) is 11.5. The van der Waals surface area contributed by atoms with Crippen molar-refractivity contribution in [3.05, 3.63) is 28.3 Å². The zero-order valence-electron chi connectivity index (χ0n) is 10.8. The second-order valence-electron chi connectivity index (χ2n) is 4.13. The lowest BCUT2D eigenvalue weighted by molar-refractivity contribution is -0.305. The number of carbonyl (C=O) groups excluding carboxylic acids is 2. The first-order chi connectivity index (χ1) is 8.90. The summed E-state index contributed by atoms with van der Waals surface area (Å²) in [4.78, 5) is 21.5. The third-order valence-corrected chi connectivity index (χ3v) is 3.03. The van der Waals surface area contributed by atoms with Crippen molar-refractivity contribution < 1.29 is 19.4 Å². The Hall–Kier alpha value is -1.75. The predicted octanol–water partition coefficient (Wildman–Crippen LogP) is 0.592. The summed E-state index contributed by atoms with van der Waals surface area (Å²) in [6.07, 6.45) is -0.217. The number of halogens is 1. The molecule has 0 saturated carbocycles. The fraction of sp³-hybridized carbons (Fsp3) is 0.385. The van der Waals surface area contributed by atoms with Crippen molar-refractivity contribution in [1.82, 2.24) is 5.32 Å². The molecule has 1 aromatic rings. The predicted molar refractivity (Wildman–Crippen MR) is 69.1 cm³/mol. The molecule has 0 spiro atoms. The average molecular weight is 285 g/mol. The van der Waals surface area contributed by atoms with E-state index in [0.29, 0.717) is 10.8 Å². The molecule has 0 aliphatic rings. The topological polar surface area (TPSA) is 78.5 Å². The molecule has 0 atom stereocenters. The zero-order chi connectivity index (χ0) is 14.4. The van der Waals surface area contributed by atoms with E-state index in [1.54, 1.807) is 12.1 Å². The van der Waals surface area contributed by atoms with Crippen LogP contribution in [0.4, 0.5) is 0 Å². The molecule has 0 saturated heterocycles. The summed E-state index contributed by atoms with van der Waals surface area (Å²) in [6.45, 7) is 3.56. The van der Waals surface area contributed by atoms with Crippen LogP contribution in [0.5, 0.6) is 5.75 Å². The highest BCUT2D eigenvalue weighted by Crippen LogP contribution is 2.25. The normalized spacial score (nSPS) is 10.1. The highest BCUT2D eigenvalue weighted by Gasteiger charge is 2.06. The second kappa shape index (κ2) is 6.99. The van der Waals surface area contributed by atoms with Gasteiger partial charge in [0, 0.05) is 24.0 Å². The van der Waals surface area contributed by atoms with Crippen molar-refractivity contribution in [1.29, 1.82) is 0 Å². The van der Waals surface area contributed by atoms with Crippen LogP contribution in [-0.2, 0) is 9.59 Å². The summed E-state index contributed by atoms with van der Waals surface area (Å²) in [5.41, 5.74) is 1.74. The molecule has 0 radical (unpaired) electrons. The molecule has 0 bridgehead atoms. The quantitative estimate of drug-likeness (QED) is 0.829. The number of hydrogen-bond acceptors (Lipinski definition) is 4. The minimum Gasteiger partial charge on any atom is -0.550 e. The molecule has 6 heteroatoms. The largest absolute Gasteiger partial charge is 0.550 e. The van der Waals surface area contributed by atoms with Gasteiger partial charge in [-0.25, -0.2) is 0 Å². The van der Waals surface area contributed by atoms with E-state index in [2.05, 4.69) is 5.32 Å². The van der Waals surface area contributed by atoms with E-state index in [4.69, 9.17) is 16.3 Å². The third-order valence-electron chi connectivity index (χ3n) is 2.43. The Balaban J connectivity index is 2.44. The standard InChI is InChI=1S/C13H16ClNO4/c1-8-5-10(6-9(2)13(8)14)19-7-11(16)15-4-3-12(17)18/h5-6H,3-4,7H2,1-2H3,(H,15,16)(H,17,18)/p-1. The Kier molecular flexibility index (Phi) is 5.63. The molecule has 0 aromatic heterocycles. The van der Waals surface area contributed by atoms with Crippen molar-refractivity contribution in [3.8, 4) is 5.75 Å². The molecule has 0 aliphatic carbocycles. The van der Waals surface area contributed by atoms with Gasteiger partial charge in [-0.3, -0.25) is 4.79 Å². The molecule has 19 heavy (non-hydrogen) atoms. The summed E-state index contributed by atoms with van der Waals surface area (Å²) >= 11 is 6.01. The van der Waals surface area contributed by atoms with E-state index < -0.39 is 5.97 Å². The maximum Gasteiger partial charge on any atom is 0.257 e. The molecule has 1 N–H and O–H groups in total. The number of hydrogen-bond donors (Lipinski definition) is 1. The van der Waals surface area contributed by atoms with Crippen LogP contribution in [0.15, 0.2) is 12.1 Å². The molecular weight excluding hydrogens is 270 g/mol. The maximum absolute atomic E-state index is 11.4. The van der Waals surface area contributed by atoms with Crippen molar-refractivity contribution in [3.63, 3.8) is 0 Å². The van der Waals surface area contributed by atoms with Gasteiger partial charge in [-0.2, -0.15) is 0 Å². The maximum atomic E-state index is 11.4. The van der Waals surface area contributed by atoms with Gasteiger partial charge in [0.1, 0.15) is 5.75 Å². The van der Waals surface area contributed by atoms with Crippen LogP contribution >= 0.6 is 11.6 Å². The van der Waals surface area contributed by atoms with E-state index in [9.17, 15) is 14.7 Å². The van der Waals surface area contributed by atoms with Crippen molar-refractivity contribution in [2.24, 2.45) is 0 Å². The molecule has 5 nitrogen and oxygen atoms in total. The van der Waals surface area contributed by atoms with Gasteiger partial charge in [-0.1, -0.05) is 11.6 Å². The minimum absolute atomic E-state index is 0.0310. The Morgan fingerprint density at radius 1 is 1.32 bits per heavy atom. The van der Waals surface area contributed by atoms with E-state index in [-0.39, 0.29) is 25.5 Å². The lowest BCUT2D eigenvalue weighted by atomic mass is 10.1. The van der Waals surface area contributed by atoms with E-state index >= 15 is 0 Å². The van der Waals surface area contributed by atoms with Gasteiger partial charge in [0.2, 0.25) is 0 Å².